The molecule has 4 aliphatic rings. The lowest BCUT2D eigenvalue weighted by atomic mass is 9.24. The van der Waals surface area contributed by atoms with Gasteiger partial charge in [-0.25, -0.2) is 0 Å². The summed E-state index contributed by atoms with van der Waals surface area (Å²) in [6.07, 6.45) is 16.4. The zero-order valence-corrected chi connectivity index (χ0v) is 20.3. The van der Waals surface area contributed by atoms with Crippen molar-refractivity contribution in [2.75, 3.05) is 9.80 Å². The smallest absolute Gasteiger partial charge is 0.200 e. The second kappa shape index (κ2) is 7.91. The fraction of sp³-hybridized carbons (Fsp3) is 0.188. The number of rotatable bonds is 2. The number of nitrogens with zero attached hydrogens (tertiary/aromatic N) is 2. The molecule has 2 aliphatic carbocycles. The molecular formula is C32H29BN2. The SMILES string of the molecule is Cc1ccc(N2C3=CC=CC4C3B(c3ccccc3N4c3ccc(C)cc3)C3C=CC=CC32)cc1. The molecular weight excluding hydrogens is 423 g/mol. The fourth-order valence-corrected chi connectivity index (χ4v) is 6.77. The molecule has 170 valence electrons. The topological polar surface area (TPSA) is 6.48 Å². The van der Waals surface area contributed by atoms with E-state index in [0.717, 1.165) is 0 Å². The number of anilines is 3. The van der Waals surface area contributed by atoms with E-state index in [1.807, 2.05) is 0 Å². The van der Waals surface area contributed by atoms with Gasteiger partial charge in [-0.2, -0.15) is 0 Å². The molecule has 3 aromatic carbocycles. The van der Waals surface area contributed by atoms with Gasteiger partial charge in [0.05, 0.1) is 12.1 Å². The molecule has 3 heteroatoms. The molecule has 4 atom stereocenters. The molecule has 1 fully saturated rings. The summed E-state index contributed by atoms with van der Waals surface area (Å²) < 4.78 is 0. The van der Waals surface area contributed by atoms with Gasteiger partial charge in [0.25, 0.3) is 0 Å². The lowest BCUT2D eigenvalue weighted by molar-refractivity contribution is 0.617. The van der Waals surface area contributed by atoms with Gasteiger partial charge in [0.15, 0.2) is 6.71 Å². The second-order valence-electron chi connectivity index (χ2n) is 10.3. The lowest BCUT2D eigenvalue weighted by Gasteiger charge is -2.57. The number of benzene rings is 3. The minimum absolute atomic E-state index is 0.269. The van der Waals surface area contributed by atoms with E-state index in [0.29, 0.717) is 24.4 Å². The third-order valence-electron chi connectivity index (χ3n) is 8.29. The standard InChI is InChI=1S/C32H29BN2/c1-22-14-18-24(19-15-22)34-28-10-5-3-8-26(28)33-27-9-4-6-11-29(27)35(25-20-16-23(2)17-21-25)31-13-7-12-30(34)32(31)33/h3-21,26,28,31-32H,1-2H3. The summed E-state index contributed by atoms with van der Waals surface area (Å²) in [6, 6.07) is 27.8. The molecule has 0 radical (unpaired) electrons. The average molecular weight is 452 g/mol. The lowest BCUT2D eigenvalue weighted by Crippen LogP contribution is -2.64. The molecule has 2 nitrogen and oxygen atoms in total. The Balaban J connectivity index is 1.45. The molecule has 4 unspecified atom stereocenters. The van der Waals surface area contributed by atoms with Gasteiger partial charge in [-0.15, -0.1) is 0 Å². The van der Waals surface area contributed by atoms with Crippen LogP contribution in [-0.2, 0) is 0 Å². The van der Waals surface area contributed by atoms with Crippen molar-refractivity contribution >= 4 is 29.2 Å². The number of fused-ring (bicyclic) bond motifs is 4. The Morgan fingerprint density at radius 2 is 1.26 bits per heavy atom. The molecule has 0 bridgehead atoms. The third-order valence-corrected chi connectivity index (χ3v) is 8.29. The highest BCUT2D eigenvalue weighted by Gasteiger charge is 2.55. The van der Waals surface area contributed by atoms with E-state index in [4.69, 9.17) is 0 Å². The van der Waals surface area contributed by atoms with Gasteiger partial charge in [-0.3, -0.25) is 0 Å². The first-order chi connectivity index (χ1) is 17.2. The first-order valence-electron chi connectivity index (χ1n) is 12.7. The minimum Gasteiger partial charge on any atom is -0.339 e. The van der Waals surface area contributed by atoms with Crippen LogP contribution in [0.5, 0.6) is 0 Å². The van der Waals surface area contributed by atoms with Crippen molar-refractivity contribution in [2.45, 2.75) is 37.6 Å². The van der Waals surface area contributed by atoms with Crippen LogP contribution in [0.3, 0.4) is 0 Å². The molecule has 0 spiro atoms. The van der Waals surface area contributed by atoms with E-state index in [2.05, 4.69) is 139 Å². The van der Waals surface area contributed by atoms with Crippen molar-refractivity contribution in [3.8, 4) is 0 Å². The van der Waals surface area contributed by atoms with Crippen LogP contribution in [-0.4, -0.2) is 18.8 Å². The maximum Gasteiger partial charge on any atom is 0.200 e. The largest absolute Gasteiger partial charge is 0.339 e. The van der Waals surface area contributed by atoms with Crippen LogP contribution in [0.2, 0.25) is 11.6 Å². The highest BCUT2D eigenvalue weighted by atomic mass is 15.2. The van der Waals surface area contributed by atoms with E-state index in [1.165, 1.54) is 39.3 Å². The van der Waals surface area contributed by atoms with Gasteiger partial charge in [0.1, 0.15) is 0 Å². The van der Waals surface area contributed by atoms with Crippen LogP contribution in [0.1, 0.15) is 11.1 Å². The normalized spacial score (nSPS) is 25.7. The first-order valence-corrected chi connectivity index (χ1v) is 12.7. The molecule has 2 heterocycles. The van der Waals surface area contributed by atoms with Crippen molar-refractivity contribution in [2.24, 2.45) is 0 Å². The third kappa shape index (κ3) is 3.11. The molecule has 1 saturated heterocycles. The maximum absolute atomic E-state index is 2.61. The summed E-state index contributed by atoms with van der Waals surface area (Å²) in [5.74, 6) is 0.786. The van der Waals surface area contributed by atoms with E-state index < -0.39 is 0 Å². The molecule has 0 saturated carbocycles. The number of allylic oxidation sites excluding steroid dienone is 4. The molecule has 3 aromatic rings. The van der Waals surface area contributed by atoms with Gasteiger partial charge in [0, 0.05) is 28.6 Å². The predicted octanol–water partition coefficient (Wildman–Crippen LogP) is 6.73. The second-order valence-corrected chi connectivity index (χ2v) is 10.3. The van der Waals surface area contributed by atoms with Gasteiger partial charge < -0.3 is 9.80 Å². The van der Waals surface area contributed by atoms with Gasteiger partial charge in [-0.1, -0.05) is 95.5 Å². The van der Waals surface area contributed by atoms with Crippen molar-refractivity contribution in [3.63, 3.8) is 0 Å². The molecule has 0 aromatic heterocycles. The molecule has 2 aliphatic heterocycles. The fourth-order valence-electron chi connectivity index (χ4n) is 6.77. The van der Waals surface area contributed by atoms with Crippen LogP contribution in [0, 0.1) is 13.8 Å². The summed E-state index contributed by atoms with van der Waals surface area (Å²) in [5.41, 5.74) is 9.38. The zero-order chi connectivity index (χ0) is 23.5. The molecule has 7 rings (SSSR count). The first kappa shape index (κ1) is 20.6. The van der Waals surface area contributed by atoms with Crippen LogP contribution in [0.25, 0.3) is 0 Å². The average Bonchev–Trinajstić information content (AvgIpc) is 2.90. The Morgan fingerprint density at radius 1 is 0.629 bits per heavy atom. The Labute approximate surface area is 208 Å². The van der Waals surface area contributed by atoms with E-state index in [1.54, 1.807) is 0 Å². The molecule has 0 amide bonds. The molecule has 0 N–H and O–H groups in total. The highest BCUT2D eigenvalue weighted by molar-refractivity contribution is 6.80. The van der Waals surface area contributed by atoms with E-state index in [9.17, 15) is 0 Å². The van der Waals surface area contributed by atoms with Crippen LogP contribution in [0.4, 0.5) is 17.1 Å². The summed E-state index contributed by atoms with van der Waals surface area (Å²) in [5, 5.41) is 0. The summed E-state index contributed by atoms with van der Waals surface area (Å²) in [4.78, 5) is 5.19. The van der Waals surface area contributed by atoms with Crippen LogP contribution >= 0.6 is 0 Å². The van der Waals surface area contributed by atoms with Gasteiger partial charge in [-0.05, 0) is 56.1 Å². The van der Waals surface area contributed by atoms with Crippen molar-refractivity contribution in [3.05, 3.63) is 132 Å². The number of para-hydroxylation sites is 1. The van der Waals surface area contributed by atoms with Crippen molar-refractivity contribution < 1.29 is 0 Å². The summed E-state index contributed by atoms with van der Waals surface area (Å²) in [7, 11) is 0. The summed E-state index contributed by atoms with van der Waals surface area (Å²) >= 11 is 0. The van der Waals surface area contributed by atoms with Crippen molar-refractivity contribution in [1.29, 1.82) is 0 Å². The maximum atomic E-state index is 2.61. The zero-order valence-electron chi connectivity index (χ0n) is 20.3. The number of hydrogen-bond donors (Lipinski definition) is 0. The summed E-state index contributed by atoms with van der Waals surface area (Å²) in [6.45, 7) is 4.76. The van der Waals surface area contributed by atoms with E-state index >= 15 is 0 Å². The Kier molecular flexibility index (Phi) is 4.67. The minimum atomic E-state index is 0.269. The van der Waals surface area contributed by atoms with E-state index in [-0.39, 0.29) is 6.04 Å². The van der Waals surface area contributed by atoms with Crippen LogP contribution < -0.4 is 15.3 Å². The monoisotopic (exact) mass is 452 g/mol. The van der Waals surface area contributed by atoms with Crippen molar-refractivity contribution in [1.82, 2.24) is 0 Å². The highest BCUT2D eigenvalue weighted by Crippen LogP contribution is 2.53. The Bertz CT molecular complexity index is 1400. The van der Waals surface area contributed by atoms with Crippen LogP contribution in [0.15, 0.2) is 121 Å². The number of aryl methyl sites for hydroxylation is 2. The quantitative estimate of drug-likeness (QED) is 0.398. The Morgan fingerprint density at radius 3 is 2.00 bits per heavy atom. The van der Waals surface area contributed by atoms with Gasteiger partial charge in [0.2, 0.25) is 0 Å². The molecule has 35 heavy (non-hydrogen) atoms. The Hall–Kier alpha value is -3.72. The number of hydrogen-bond acceptors (Lipinski definition) is 2. The van der Waals surface area contributed by atoms with Gasteiger partial charge >= 0.3 is 0 Å². The predicted molar refractivity (Wildman–Crippen MR) is 149 cm³/mol.